The van der Waals surface area contributed by atoms with Crippen LogP contribution in [0.1, 0.15) is 52.9 Å². The lowest BCUT2D eigenvalue weighted by atomic mass is 10.0. The second-order valence-corrected chi connectivity index (χ2v) is 11.2. The summed E-state index contributed by atoms with van der Waals surface area (Å²) in [7, 11) is -4.10. The fourth-order valence-electron chi connectivity index (χ4n) is 4.58. The molecule has 0 spiro atoms. The molecule has 0 saturated carbocycles. The number of rotatable bonds is 9. The summed E-state index contributed by atoms with van der Waals surface area (Å²) in [5.41, 5.74) is 4.58. The molecule has 9 heteroatoms. The minimum Gasteiger partial charge on any atom is -0.292 e. The molecule has 200 valence electrons. The maximum atomic E-state index is 13.2. The van der Waals surface area contributed by atoms with Gasteiger partial charge in [-0.2, -0.15) is 5.10 Å². The first-order valence-corrected chi connectivity index (χ1v) is 14.5. The number of sulfonamides is 1. The van der Waals surface area contributed by atoms with E-state index in [-0.39, 0.29) is 10.5 Å². The van der Waals surface area contributed by atoms with Gasteiger partial charge in [0, 0.05) is 17.5 Å². The molecule has 1 amide bonds. The molecule has 1 N–H and O–H groups in total. The first-order valence-electron chi connectivity index (χ1n) is 13.0. The van der Waals surface area contributed by atoms with E-state index in [0.29, 0.717) is 12.1 Å². The van der Waals surface area contributed by atoms with Crippen LogP contribution >= 0.6 is 0 Å². The molecule has 0 radical (unpaired) electrons. The van der Waals surface area contributed by atoms with Gasteiger partial charge in [-0.3, -0.25) is 9.36 Å². The molecule has 0 fully saturated rings. The minimum atomic E-state index is -4.10. The lowest BCUT2D eigenvalue weighted by molar-refractivity contribution is 0.0981. The van der Waals surface area contributed by atoms with E-state index < -0.39 is 15.9 Å². The number of nitrogens with one attached hydrogen (secondary N) is 1. The van der Waals surface area contributed by atoms with E-state index in [1.54, 1.807) is 48.5 Å². The van der Waals surface area contributed by atoms with Crippen LogP contribution < -0.4 is 4.72 Å². The molecule has 3 aromatic carbocycles. The van der Waals surface area contributed by atoms with Crippen molar-refractivity contribution < 1.29 is 13.2 Å². The largest absolute Gasteiger partial charge is 0.292 e. The Balaban J connectivity index is 1.43. The van der Waals surface area contributed by atoms with E-state index in [1.165, 1.54) is 6.07 Å². The summed E-state index contributed by atoms with van der Waals surface area (Å²) < 4.78 is 32.7. The fraction of sp³-hybridized carbons (Fsp3) is 0.233. The Labute approximate surface area is 228 Å². The molecule has 2 aromatic heterocycles. The van der Waals surface area contributed by atoms with Crippen LogP contribution in [0.3, 0.4) is 0 Å². The van der Waals surface area contributed by atoms with Crippen molar-refractivity contribution in [3.05, 3.63) is 107 Å². The third-order valence-electron chi connectivity index (χ3n) is 6.87. The fourth-order valence-corrected chi connectivity index (χ4v) is 5.78. The summed E-state index contributed by atoms with van der Waals surface area (Å²) in [6.45, 7) is 6.78. The van der Waals surface area contributed by atoms with Gasteiger partial charge in [-0.05, 0) is 49.6 Å². The molecule has 5 rings (SSSR count). The SMILES string of the molecule is CCCCc1nn2c(C)c(C)nc2n1Cc1ccc(-c2ccccc2S(=O)(=O)NC(=O)c2ccccc2)cc1. The van der Waals surface area contributed by atoms with Crippen LogP contribution in [0.5, 0.6) is 0 Å². The highest BCUT2D eigenvalue weighted by atomic mass is 32.2. The lowest BCUT2D eigenvalue weighted by Gasteiger charge is -2.13. The zero-order valence-corrected chi connectivity index (χ0v) is 23.1. The van der Waals surface area contributed by atoms with Crippen LogP contribution in [0.2, 0.25) is 0 Å². The Morgan fingerprint density at radius 3 is 2.33 bits per heavy atom. The number of amides is 1. The Morgan fingerprint density at radius 2 is 1.62 bits per heavy atom. The minimum absolute atomic E-state index is 0.0449. The number of aromatic nitrogens is 4. The summed E-state index contributed by atoms with van der Waals surface area (Å²) in [6, 6.07) is 22.8. The van der Waals surface area contributed by atoms with Crippen LogP contribution in [0.25, 0.3) is 16.9 Å². The predicted molar refractivity (Wildman–Crippen MR) is 151 cm³/mol. The summed E-state index contributed by atoms with van der Waals surface area (Å²) in [5.74, 6) is 1.15. The second-order valence-electron chi connectivity index (χ2n) is 9.59. The standard InChI is InChI=1S/C30H31N5O3S/c1-4-5-15-28-32-35-22(3)21(2)31-30(35)34(28)20-23-16-18-24(19-17-23)26-13-9-10-14-27(26)39(37,38)33-29(36)25-11-7-6-8-12-25/h6-14,16-19H,4-5,15,20H2,1-3H3,(H,33,36). The quantitative estimate of drug-likeness (QED) is 0.272. The molecule has 0 aliphatic carbocycles. The van der Waals surface area contributed by atoms with Crippen LogP contribution in [0, 0.1) is 13.8 Å². The van der Waals surface area contributed by atoms with Gasteiger partial charge in [0.05, 0.1) is 22.8 Å². The number of nitrogens with zero attached hydrogens (tertiary/aromatic N) is 4. The molecular formula is C30H31N5O3S. The average molecular weight is 542 g/mol. The molecule has 2 heterocycles. The molecule has 39 heavy (non-hydrogen) atoms. The van der Waals surface area contributed by atoms with E-state index in [0.717, 1.165) is 53.4 Å². The van der Waals surface area contributed by atoms with Gasteiger partial charge < -0.3 is 0 Å². The molecule has 0 atom stereocenters. The zero-order valence-electron chi connectivity index (χ0n) is 22.3. The maximum absolute atomic E-state index is 13.2. The van der Waals surface area contributed by atoms with Crippen LogP contribution in [0.4, 0.5) is 0 Å². The van der Waals surface area contributed by atoms with Crippen molar-refractivity contribution in [2.45, 2.75) is 51.5 Å². The van der Waals surface area contributed by atoms with Gasteiger partial charge in [-0.25, -0.2) is 22.6 Å². The van der Waals surface area contributed by atoms with Crippen molar-refractivity contribution in [1.29, 1.82) is 0 Å². The Kier molecular flexibility index (Phi) is 7.34. The number of unbranched alkanes of at least 4 members (excludes halogenated alkanes) is 1. The number of benzene rings is 3. The number of imidazole rings is 1. The average Bonchev–Trinajstić information content (AvgIpc) is 3.42. The molecule has 0 saturated heterocycles. The van der Waals surface area contributed by atoms with Gasteiger partial charge in [-0.1, -0.05) is 74.0 Å². The monoisotopic (exact) mass is 541 g/mol. The van der Waals surface area contributed by atoms with E-state index >= 15 is 0 Å². The highest BCUT2D eigenvalue weighted by Gasteiger charge is 2.22. The number of carbonyl (C=O) groups is 1. The van der Waals surface area contributed by atoms with Crippen molar-refractivity contribution in [1.82, 2.24) is 23.9 Å². The molecule has 5 aromatic rings. The smallest absolute Gasteiger partial charge is 0.264 e. The summed E-state index contributed by atoms with van der Waals surface area (Å²) in [5, 5.41) is 4.83. The molecule has 0 aliphatic heterocycles. The first-order chi connectivity index (χ1) is 18.8. The second kappa shape index (κ2) is 10.9. The highest BCUT2D eigenvalue weighted by molar-refractivity contribution is 7.90. The number of fused-ring (bicyclic) bond motifs is 1. The van der Waals surface area contributed by atoms with Gasteiger partial charge in [0.1, 0.15) is 5.82 Å². The lowest BCUT2D eigenvalue weighted by Crippen LogP contribution is -2.30. The molecular weight excluding hydrogens is 510 g/mol. The molecule has 8 nitrogen and oxygen atoms in total. The van der Waals surface area contributed by atoms with E-state index in [9.17, 15) is 13.2 Å². The third kappa shape index (κ3) is 5.35. The topological polar surface area (TPSA) is 98.4 Å². The molecule has 0 unspecified atom stereocenters. The predicted octanol–water partition coefficient (Wildman–Crippen LogP) is 5.32. The Morgan fingerprint density at radius 1 is 0.923 bits per heavy atom. The molecule has 0 aliphatic rings. The van der Waals surface area contributed by atoms with Gasteiger partial charge in [0.15, 0.2) is 0 Å². The van der Waals surface area contributed by atoms with Crippen molar-refractivity contribution in [2.24, 2.45) is 0 Å². The highest BCUT2D eigenvalue weighted by Crippen LogP contribution is 2.28. The summed E-state index contributed by atoms with van der Waals surface area (Å²) >= 11 is 0. The number of aryl methyl sites for hydroxylation is 3. The van der Waals surface area contributed by atoms with Crippen molar-refractivity contribution in [3.8, 4) is 11.1 Å². The normalized spacial score (nSPS) is 11.7. The van der Waals surface area contributed by atoms with E-state index in [1.807, 2.05) is 42.6 Å². The third-order valence-corrected chi connectivity index (χ3v) is 8.26. The van der Waals surface area contributed by atoms with Crippen LogP contribution in [0.15, 0.2) is 83.8 Å². The summed E-state index contributed by atoms with van der Waals surface area (Å²) in [6.07, 6.45) is 3.00. The van der Waals surface area contributed by atoms with Crippen LogP contribution in [-0.4, -0.2) is 33.5 Å². The maximum Gasteiger partial charge on any atom is 0.264 e. The van der Waals surface area contributed by atoms with Gasteiger partial charge in [0.2, 0.25) is 5.78 Å². The first kappa shape index (κ1) is 26.4. The summed E-state index contributed by atoms with van der Waals surface area (Å²) in [4.78, 5) is 17.4. The van der Waals surface area contributed by atoms with Crippen molar-refractivity contribution in [2.75, 3.05) is 0 Å². The number of hydrogen-bond donors (Lipinski definition) is 1. The molecule has 0 bridgehead atoms. The van der Waals surface area contributed by atoms with E-state index in [2.05, 4.69) is 16.2 Å². The Bertz CT molecular complexity index is 1740. The van der Waals surface area contributed by atoms with Crippen molar-refractivity contribution in [3.63, 3.8) is 0 Å². The van der Waals surface area contributed by atoms with Gasteiger partial charge in [0.25, 0.3) is 15.9 Å². The Hall–Kier alpha value is -4.24. The van der Waals surface area contributed by atoms with Crippen LogP contribution in [-0.2, 0) is 23.0 Å². The number of carbonyl (C=O) groups excluding carboxylic acids is 1. The zero-order chi connectivity index (χ0) is 27.6. The van der Waals surface area contributed by atoms with Crippen molar-refractivity contribution >= 4 is 21.7 Å². The van der Waals surface area contributed by atoms with Gasteiger partial charge in [-0.15, -0.1) is 0 Å². The number of hydrogen-bond acceptors (Lipinski definition) is 5. The van der Waals surface area contributed by atoms with Gasteiger partial charge >= 0.3 is 0 Å². The van der Waals surface area contributed by atoms with E-state index in [4.69, 9.17) is 10.1 Å².